The van der Waals surface area contributed by atoms with E-state index in [4.69, 9.17) is 0 Å². The summed E-state index contributed by atoms with van der Waals surface area (Å²) in [4.78, 5) is 2.70. The van der Waals surface area contributed by atoms with Gasteiger partial charge in [0.05, 0.1) is 11.4 Å². The average Bonchev–Trinajstić information content (AvgIpc) is 2.73. The SMILES string of the molecule is CCCCCCCCCCCCCCc1cccc2c1Nc1ccccc1S2. The highest BCUT2D eigenvalue weighted by molar-refractivity contribution is 7.99. The van der Waals surface area contributed by atoms with E-state index in [1.165, 1.54) is 110 Å². The molecule has 0 aliphatic carbocycles. The zero-order valence-electron chi connectivity index (χ0n) is 17.6. The molecule has 2 aromatic rings. The summed E-state index contributed by atoms with van der Waals surface area (Å²) < 4.78 is 0. The van der Waals surface area contributed by atoms with Gasteiger partial charge in [-0.1, -0.05) is 114 Å². The molecule has 0 bridgehead atoms. The maximum absolute atomic E-state index is 3.68. The maximum Gasteiger partial charge on any atom is 0.0558 e. The number of para-hydroxylation sites is 2. The summed E-state index contributed by atoms with van der Waals surface area (Å²) in [5.74, 6) is 0. The van der Waals surface area contributed by atoms with E-state index in [1.807, 2.05) is 11.8 Å². The van der Waals surface area contributed by atoms with Crippen LogP contribution in [0, 0.1) is 0 Å². The number of unbranched alkanes of at least 4 members (excludes halogenated alkanes) is 11. The molecule has 152 valence electrons. The van der Waals surface area contributed by atoms with Crippen LogP contribution in [0.15, 0.2) is 52.3 Å². The molecule has 28 heavy (non-hydrogen) atoms. The molecule has 1 nitrogen and oxygen atoms in total. The van der Waals surface area contributed by atoms with Crippen molar-refractivity contribution in [2.75, 3.05) is 5.32 Å². The fourth-order valence-corrected chi connectivity index (χ4v) is 5.12. The lowest BCUT2D eigenvalue weighted by atomic mass is 10.0. The van der Waals surface area contributed by atoms with E-state index < -0.39 is 0 Å². The van der Waals surface area contributed by atoms with Crippen LogP contribution in [-0.2, 0) is 6.42 Å². The molecule has 0 fully saturated rings. The Morgan fingerprint density at radius 2 is 1.25 bits per heavy atom. The Bertz CT molecular complexity index is 709. The molecular formula is C26H37NS. The van der Waals surface area contributed by atoms with Gasteiger partial charge < -0.3 is 5.32 Å². The van der Waals surface area contributed by atoms with E-state index in [0.717, 1.165) is 0 Å². The highest BCUT2D eigenvalue weighted by Crippen LogP contribution is 2.45. The first-order valence-electron chi connectivity index (χ1n) is 11.5. The van der Waals surface area contributed by atoms with Crippen molar-refractivity contribution in [1.29, 1.82) is 0 Å². The minimum absolute atomic E-state index is 1.19. The molecule has 0 aromatic heterocycles. The van der Waals surface area contributed by atoms with Gasteiger partial charge in [0.15, 0.2) is 0 Å². The second-order valence-electron chi connectivity index (χ2n) is 8.15. The van der Waals surface area contributed by atoms with E-state index >= 15 is 0 Å². The predicted molar refractivity (Wildman–Crippen MR) is 125 cm³/mol. The van der Waals surface area contributed by atoms with E-state index in [2.05, 4.69) is 54.7 Å². The van der Waals surface area contributed by atoms with E-state index in [9.17, 15) is 0 Å². The molecular weight excluding hydrogens is 358 g/mol. The van der Waals surface area contributed by atoms with E-state index in [0.29, 0.717) is 0 Å². The third-order valence-electron chi connectivity index (χ3n) is 5.78. The van der Waals surface area contributed by atoms with Crippen molar-refractivity contribution >= 4 is 23.1 Å². The molecule has 2 aromatic carbocycles. The number of anilines is 2. The molecule has 1 N–H and O–H groups in total. The monoisotopic (exact) mass is 395 g/mol. The van der Waals surface area contributed by atoms with Crippen molar-refractivity contribution in [2.45, 2.75) is 100 Å². The van der Waals surface area contributed by atoms with Gasteiger partial charge >= 0.3 is 0 Å². The van der Waals surface area contributed by atoms with Crippen LogP contribution in [0.25, 0.3) is 0 Å². The topological polar surface area (TPSA) is 12.0 Å². The van der Waals surface area contributed by atoms with Gasteiger partial charge in [0.25, 0.3) is 0 Å². The van der Waals surface area contributed by atoms with Gasteiger partial charge in [0, 0.05) is 9.79 Å². The minimum Gasteiger partial charge on any atom is -0.353 e. The number of hydrogen-bond donors (Lipinski definition) is 1. The fraction of sp³-hybridized carbons (Fsp3) is 0.538. The van der Waals surface area contributed by atoms with Crippen LogP contribution in [0.1, 0.15) is 89.5 Å². The molecule has 0 spiro atoms. The molecule has 1 aliphatic rings. The summed E-state index contributed by atoms with van der Waals surface area (Å²) in [7, 11) is 0. The highest BCUT2D eigenvalue weighted by Gasteiger charge is 2.17. The Labute approximate surface area is 176 Å². The third-order valence-corrected chi connectivity index (χ3v) is 6.91. The number of benzene rings is 2. The molecule has 3 rings (SSSR count). The van der Waals surface area contributed by atoms with Crippen molar-refractivity contribution in [3.63, 3.8) is 0 Å². The summed E-state index contributed by atoms with van der Waals surface area (Å²) in [6.45, 7) is 2.29. The van der Waals surface area contributed by atoms with Crippen LogP contribution in [-0.4, -0.2) is 0 Å². The highest BCUT2D eigenvalue weighted by atomic mass is 32.2. The van der Waals surface area contributed by atoms with Crippen molar-refractivity contribution in [2.24, 2.45) is 0 Å². The van der Waals surface area contributed by atoms with Gasteiger partial charge in [-0.05, 0) is 36.6 Å². The van der Waals surface area contributed by atoms with Crippen molar-refractivity contribution in [3.05, 3.63) is 48.0 Å². The molecule has 0 saturated heterocycles. The standard InChI is InChI=1S/C26H37NS/c1-2-3-4-5-6-7-8-9-10-11-12-13-17-22-18-16-21-25-26(22)27-23-19-14-15-20-24(23)28-25/h14-16,18-21,27H,2-13,17H2,1H3. The fourth-order valence-electron chi connectivity index (χ4n) is 4.08. The van der Waals surface area contributed by atoms with Crippen molar-refractivity contribution in [3.8, 4) is 0 Å². The van der Waals surface area contributed by atoms with Crippen molar-refractivity contribution in [1.82, 2.24) is 0 Å². The molecule has 0 unspecified atom stereocenters. The number of fused-ring (bicyclic) bond motifs is 2. The number of nitrogens with one attached hydrogen (secondary N) is 1. The van der Waals surface area contributed by atoms with Gasteiger partial charge in [-0.2, -0.15) is 0 Å². The summed E-state index contributed by atoms with van der Waals surface area (Å²) in [6, 6.07) is 15.4. The first-order chi connectivity index (χ1) is 13.9. The van der Waals surface area contributed by atoms with Gasteiger partial charge in [-0.15, -0.1) is 0 Å². The van der Waals surface area contributed by atoms with Crippen LogP contribution in [0.2, 0.25) is 0 Å². The Balaban J connectivity index is 1.30. The lowest BCUT2D eigenvalue weighted by molar-refractivity contribution is 0.544. The molecule has 0 saturated carbocycles. The lowest BCUT2D eigenvalue weighted by Gasteiger charge is -2.23. The van der Waals surface area contributed by atoms with Crippen LogP contribution in [0.5, 0.6) is 0 Å². The Hall–Kier alpha value is -1.41. The molecule has 1 aliphatic heterocycles. The summed E-state index contributed by atoms with van der Waals surface area (Å²) in [6.07, 6.45) is 18.1. The molecule has 2 heteroatoms. The number of rotatable bonds is 13. The summed E-state index contributed by atoms with van der Waals surface area (Å²) in [5, 5.41) is 3.68. The van der Waals surface area contributed by atoms with Gasteiger partial charge in [-0.3, -0.25) is 0 Å². The zero-order valence-corrected chi connectivity index (χ0v) is 18.5. The number of hydrogen-bond acceptors (Lipinski definition) is 2. The first kappa shape index (κ1) is 21.3. The average molecular weight is 396 g/mol. The lowest BCUT2D eigenvalue weighted by Crippen LogP contribution is -2.03. The first-order valence-corrected chi connectivity index (χ1v) is 12.4. The minimum atomic E-state index is 1.19. The zero-order chi connectivity index (χ0) is 19.4. The summed E-state index contributed by atoms with van der Waals surface area (Å²) >= 11 is 1.90. The Morgan fingerprint density at radius 1 is 0.643 bits per heavy atom. The maximum atomic E-state index is 3.68. The van der Waals surface area contributed by atoms with Gasteiger partial charge in [-0.25, -0.2) is 0 Å². The normalized spacial score (nSPS) is 12.3. The van der Waals surface area contributed by atoms with E-state index in [1.54, 1.807) is 0 Å². The quantitative estimate of drug-likeness (QED) is 0.289. The molecule has 1 heterocycles. The largest absolute Gasteiger partial charge is 0.353 e. The number of aryl methyl sites for hydroxylation is 1. The predicted octanol–water partition coefficient (Wildman–Crippen LogP) is 9.14. The van der Waals surface area contributed by atoms with Crippen LogP contribution < -0.4 is 5.32 Å². The van der Waals surface area contributed by atoms with Crippen LogP contribution in [0.4, 0.5) is 11.4 Å². The Kier molecular flexibility index (Phi) is 9.29. The second-order valence-corrected chi connectivity index (χ2v) is 9.24. The smallest absolute Gasteiger partial charge is 0.0558 e. The molecule has 0 atom stereocenters. The van der Waals surface area contributed by atoms with Crippen molar-refractivity contribution < 1.29 is 0 Å². The van der Waals surface area contributed by atoms with Crippen LogP contribution in [0.3, 0.4) is 0 Å². The third kappa shape index (κ3) is 6.58. The van der Waals surface area contributed by atoms with Gasteiger partial charge in [0.1, 0.15) is 0 Å². The van der Waals surface area contributed by atoms with Crippen LogP contribution >= 0.6 is 11.8 Å². The Morgan fingerprint density at radius 3 is 1.96 bits per heavy atom. The van der Waals surface area contributed by atoms with E-state index in [-0.39, 0.29) is 0 Å². The molecule has 0 radical (unpaired) electrons. The molecule has 0 amide bonds. The second kappa shape index (κ2) is 12.2. The summed E-state index contributed by atoms with van der Waals surface area (Å²) in [5.41, 5.74) is 4.07. The van der Waals surface area contributed by atoms with Gasteiger partial charge in [0.2, 0.25) is 0 Å².